The van der Waals surface area contributed by atoms with Crippen molar-refractivity contribution in [3.05, 3.63) is 60.1 Å². The minimum atomic E-state index is 0.244. The molecule has 0 fully saturated rings. The van der Waals surface area contributed by atoms with Gasteiger partial charge in [0.2, 0.25) is 0 Å². The number of hydrogen-bond acceptors (Lipinski definition) is 4. The Hall–Kier alpha value is -2.66. The summed E-state index contributed by atoms with van der Waals surface area (Å²) in [6, 6.07) is 15.0. The van der Waals surface area contributed by atoms with Gasteiger partial charge in [0.15, 0.2) is 11.5 Å². The molecule has 3 aromatic heterocycles. The van der Waals surface area contributed by atoms with Gasteiger partial charge < -0.3 is 5.11 Å². The second kappa shape index (κ2) is 4.71. The molecule has 0 atom stereocenters. The molecule has 0 saturated carbocycles. The third-order valence-corrected chi connectivity index (χ3v) is 4.13. The topological polar surface area (TPSA) is 50.9 Å². The Morgan fingerprint density at radius 3 is 2.62 bits per heavy atom. The quantitative estimate of drug-likeness (QED) is 0.610. The van der Waals surface area contributed by atoms with Gasteiger partial charge in [-0.25, -0.2) is 9.97 Å². The van der Waals surface area contributed by atoms with Crippen LogP contribution in [0, 0.1) is 0 Å². The van der Waals surface area contributed by atoms with Crippen LogP contribution in [0.4, 0.5) is 0 Å². The minimum absolute atomic E-state index is 0.244. The van der Waals surface area contributed by atoms with E-state index in [2.05, 4.69) is 4.98 Å². The number of pyridine rings is 1. The summed E-state index contributed by atoms with van der Waals surface area (Å²) in [4.78, 5) is 10.2. The number of nitrogens with zero attached hydrogens (tertiary/aromatic N) is 3. The van der Waals surface area contributed by atoms with E-state index in [-0.39, 0.29) is 5.75 Å². The van der Waals surface area contributed by atoms with E-state index >= 15 is 0 Å². The Morgan fingerprint density at radius 1 is 1.00 bits per heavy atom. The highest BCUT2D eigenvalue weighted by atomic mass is 32.1. The summed E-state index contributed by atoms with van der Waals surface area (Å²) < 4.78 is 2.01. The standard InChI is InChI=1S/C16H11N3OS/c20-12-7-5-11(6-8-12)19-15-13(3-1-9-17-15)18-16(19)14-4-2-10-21-14/h1-10,20H. The zero-order valence-electron chi connectivity index (χ0n) is 11.0. The molecule has 3 heterocycles. The van der Waals surface area contributed by atoms with Crippen LogP contribution in [0.3, 0.4) is 0 Å². The van der Waals surface area contributed by atoms with Crippen LogP contribution in [-0.4, -0.2) is 19.6 Å². The van der Waals surface area contributed by atoms with Crippen LogP contribution in [0.1, 0.15) is 0 Å². The van der Waals surface area contributed by atoms with Crippen molar-refractivity contribution in [2.45, 2.75) is 0 Å². The molecule has 0 aliphatic rings. The lowest BCUT2D eigenvalue weighted by Gasteiger charge is -2.07. The van der Waals surface area contributed by atoms with Crippen LogP contribution in [0.2, 0.25) is 0 Å². The average molecular weight is 293 g/mol. The molecule has 0 amide bonds. The molecule has 0 spiro atoms. The van der Waals surface area contributed by atoms with Gasteiger partial charge in [0.1, 0.15) is 11.3 Å². The molecule has 5 heteroatoms. The summed E-state index contributed by atoms with van der Waals surface area (Å²) >= 11 is 1.64. The molecule has 0 aliphatic heterocycles. The normalized spacial score (nSPS) is 11.0. The van der Waals surface area contributed by atoms with Gasteiger partial charge in [-0.05, 0) is 47.8 Å². The number of hydrogen-bond donors (Lipinski definition) is 1. The molecule has 1 N–H and O–H groups in total. The SMILES string of the molecule is Oc1ccc(-n2c(-c3cccs3)nc3cccnc32)cc1. The first-order valence-electron chi connectivity index (χ1n) is 6.50. The van der Waals surface area contributed by atoms with Gasteiger partial charge in [0.25, 0.3) is 0 Å². The van der Waals surface area contributed by atoms with Crippen LogP contribution in [0.5, 0.6) is 5.75 Å². The number of aromatic nitrogens is 3. The van der Waals surface area contributed by atoms with Crippen LogP contribution < -0.4 is 0 Å². The van der Waals surface area contributed by atoms with Crippen LogP contribution in [0.15, 0.2) is 60.1 Å². The molecule has 0 bridgehead atoms. The van der Waals surface area contributed by atoms with E-state index in [1.165, 1.54) is 0 Å². The van der Waals surface area contributed by atoms with Gasteiger partial charge in [-0.2, -0.15) is 0 Å². The zero-order chi connectivity index (χ0) is 14.2. The van der Waals surface area contributed by atoms with Gasteiger partial charge in [-0.15, -0.1) is 11.3 Å². The molecule has 0 unspecified atom stereocenters. The first kappa shape index (κ1) is 12.1. The van der Waals surface area contributed by atoms with Crippen molar-refractivity contribution in [2.24, 2.45) is 0 Å². The second-order valence-corrected chi connectivity index (χ2v) is 5.56. The van der Waals surface area contributed by atoms with Gasteiger partial charge in [-0.1, -0.05) is 6.07 Å². The fourth-order valence-corrected chi connectivity index (χ4v) is 3.03. The van der Waals surface area contributed by atoms with E-state index in [0.29, 0.717) is 0 Å². The molecule has 0 radical (unpaired) electrons. The first-order valence-corrected chi connectivity index (χ1v) is 7.37. The molecule has 1 aromatic carbocycles. The average Bonchev–Trinajstić information content (AvgIpc) is 3.15. The number of rotatable bonds is 2. The minimum Gasteiger partial charge on any atom is -0.508 e. The van der Waals surface area contributed by atoms with E-state index in [9.17, 15) is 5.11 Å². The van der Waals surface area contributed by atoms with Crippen molar-refractivity contribution < 1.29 is 5.11 Å². The second-order valence-electron chi connectivity index (χ2n) is 4.61. The summed E-state index contributed by atoms with van der Waals surface area (Å²) in [5.41, 5.74) is 2.60. The lowest BCUT2D eigenvalue weighted by molar-refractivity contribution is 0.475. The first-order chi connectivity index (χ1) is 10.3. The monoisotopic (exact) mass is 293 g/mol. The maximum Gasteiger partial charge on any atom is 0.164 e. The van der Waals surface area contributed by atoms with Gasteiger partial charge in [0, 0.05) is 11.9 Å². The Kier molecular flexibility index (Phi) is 2.72. The maximum absolute atomic E-state index is 9.48. The van der Waals surface area contributed by atoms with Crippen molar-refractivity contribution in [3.63, 3.8) is 0 Å². The molecule has 4 nitrogen and oxygen atoms in total. The highest BCUT2D eigenvalue weighted by Crippen LogP contribution is 2.30. The van der Waals surface area contributed by atoms with Crippen LogP contribution in [0.25, 0.3) is 27.6 Å². The Morgan fingerprint density at radius 2 is 1.86 bits per heavy atom. The number of thiophene rings is 1. The Labute approximate surface area is 125 Å². The van der Waals surface area contributed by atoms with E-state index in [1.54, 1.807) is 29.7 Å². The molecule has 4 rings (SSSR count). The molecular weight excluding hydrogens is 282 g/mol. The summed E-state index contributed by atoms with van der Waals surface area (Å²) in [5.74, 6) is 1.11. The highest BCUT2D eigenvalue weighted by molar-refractivity contribution is 7.13. The number of phenols is 1. The van der Waals surface area contributed by atoms with E-state index < -0.39 is 0 Å². The Balaban J connectivity index is 2.05. The molecule has 21 heavy (non-hydrogen) atoms. The lowest BCUT2D eigenvalue weighted by Crippen LogP contribution is -1.97. The van der Waals surface area contributed by atoms with Crippen molar-refractivity contribution in [3.8, 4) is 22.1 Å². The number of phenolic OH excluding ortho intramolecular Hbond substituents is 1. The molecular formula is C16H11N3OS. The summed E-state index contributed by atoms with van der Waals surface area (Å²) in [7, 11) is 0. The van der Waals surface area contributed by atoms with Gasteiger partial charge in [0.05, 0.1) is 4.88 Å². The number of imidazole rings is 1. The molecule has 4 aromatic rings. The van der Waals surface area contributed by atoms with Gasteiger partial charge >= 0.3 is 0 Å². The van der Waals surface area contributed by atoms with Crippen molar-refractivity contribution in [1.82, 2.24) is 14.5 Å². The third kappa shape index (κ3) is 1.98. The molecule has 0 aliphatic carbocycles. The highest BCUT2D eigenvalue weighted by Gasteiger charge is 2.15. The fourth-order valence-electron chi connectivity index (χ4n) is 2.33. The summed E-state index contributed by atoms with van der Waals surface area (Å²) in [6.07, 6.45) is 1.76. The number of fused-ring (bicyclic) bond motifs is 1. The molecule has 0 saturated heterocycles. The predicted molar refractivity (Wildman–Crippen MR) is 83.8 cm³/mol. The maximum atomic E-state index is 9.48. The van der Waals surface area contributed by atoms with Crippen molar-refractivity contribution in [2.75, 3.05) is 0 Å². The van der Waals surface area contributed by atoms with Crippen LogP contribution in [-0.2, 0) is 0 Å². The number of benzene rings is 1. The van der Waals surface area contributed by atoms with Crippen molar-refractivity contribution in [1.29, 1.82) is 0 Å². The van der Waals surface area contributed by atoms with Crippen LogP contribution >= 0.6 is 11.3 Å². The van der Waals surface area contributed by atoms with E-state index in [4.69, 9.17) is 4.98 Å². The smallest absolute Gasteiger partial charge is 0.164 e. The molecule has 102 valence electrons. The largest absolute Gasteiger partial charge is 0.508 e. The predicted octanol–water partition coefficient (Wildman–Crippen LogP) is 3.85. The number of aromatic hydroxyl groups is 1. The summed E-state index contributed by atoms with van der Waals surface area (Å²) in [5, 5.41) is 11.5. The Bertz CT molecular complexity index is 895. The van der Waals surface area contributed by atoms with E-state index in [0.717, 1.165) is 27.6 Å². The van der Waals surface area contributed by atoms with Gasteiger partial charge in [-0.3, -0.25) is 4.57 Å². The third-order valence-electron chi connectivity index (χ3n) is 3.27. The lowest BCUT2D eigenvalue weighted by atomic mass is 10.3. The zero-order valence-corrected chi connectivity index (χ0v) is 11.8. The fraction of sp³-hybridized carbons (Fsp3) is 0. The van der Waals surface area contributed by atoms with E-state index in [1.807, 2.05) is 46.3 Å². The van der Waals surface area contributed by atoms with Crippen molar-refractivity contribution >= 4 is 22.5 Å². The summed E-state index contributed by atoms with van der Waals surface area (Å²) in [6.45, 7) is 0.